The van der Waals surface area contributed by atoms with Gasteiger partial charge in [0.25, 0.3) is 5.91 Å². The van der Waals surface area contributed by atoms with Gasteiger partial charge >= 0.3 is 0 Å². The molecule has 3 N–H and O–H groups in total. The molecule has 0 radical (unpaired) electrons. The van der Waals surface area contributed by atoms with Crippen molar-refractivity contribution in [1.82, 2.24) is 16.2 Å². The van der Waals surface area contributed by atoms with Crippen molar-refractivity contribution in [1.29, 1.82) is 0 Å². The second-order valence-corrected chi connectivity index (χ2v) is 7.28. The average molecular weight is 418 g/mol. The van der Waals surface area contributed by atoms with E-state index >= 15 is 0 Å². The van der Waals surface area contributed by atoms with Crippen LogP contribution in [0.4, 0.5) is 0 Å². The van der Waals surface area contributed by atoms with Crippen LogP contribution in [0.1, 0.15) is 44.3 Å². The zero-order chi connectivity index (χ0) is 21.3. The van der Waals surface area contributed by atoms with E-state index in [1.165, 1.54) is 0 Å². The fourth-order valence-electron chi connectivity index (χ4n) is 2.95. The van der Waals surface area contributed by atoms with Gasteiger partial charge in [-0.15, -0.1) is 0 Å². The number of carbonyl (C=O) groups is 2. The quantitative estimate of drug-likeness (QED) is 0.320. The Kier molecular flexibility index (Phi) is 7.29. The number of amides is 1. The van der Waals surface area contributed by atoms with Gasteiger partial charge in [-0.1, -0.05) is 78.4 Å². The Hall–Kier alpha value is -3.51. The van der Waals surface area contributed by atoms with Crippen LogP contribution in [0, 0.1) is 6.92 Å². The number of ketones is 1. The summed E-state index contributed by atoms with van der Waals surface area (Å²) in [6.45, 7) is 1.96. The summed E-state index contributed by atoms with van der Waals surface area (Å²) >= 11 is 5.34. The van der Waals surface area contributed by atoms with Crippen LogP contribution in [0.2, 0.25) is 0 Å². The summed E-state index contributed by atoms with van der Waals surface area (Å²) < 4.78 is 0. The molecule has 30 heavy (non-hydrogen) atoms. The van der Waals surface area contributed by atoms with Crippen LogP contribution in [0.3, 0.4) is 0 Å². The van der Waals surface area contributed by atoms with Gasteiger partial charge in [-0.05, 0) is 36.8 Å². The Morgan fingerprint density at radius 2 is 1.40 bits per heavy atom. The first-order chi connectivity index (χ1) is 14.5. The summed E-state index contributed by atoms with van der Waals surface area (Å²) in [7, 11) is 0. The van der Waals surface area contributed by atoms with E-state index in [0.29, 0.717) is 11.1 Å². The SMILES string of the molecule is Cc1ccc(C(=O)NNC(=S)N[C@@H](CC(=O)c2ccccc2)c2ccccc2)cc1. The molecule has 3 aromatic carbocycles. The van der Waals surface area contributed by atoms with Crippen LogP contribution < -0.4 is 16.2 Å². The standard InChI is InChI=1S/C24H23N3O2S/c1-17-12-14-20(15-13-17)23(29)26-27-24(30)25-21(18-8-4-2-5-9-18)16-22(28)19-10-6-3-7-11-19/h2-15,21H,16H2,1H3,(H,26,29)(H2,25,27,30)/t21-/m0/s1. The zero-order valence-electron chi connectivity index (χ0n) is 16.6. The Morgan fingerprint density at radius 1 is 0.800 bits per heavy atom. The molecule has 1 atom stereocenters. The lowest BCUT2D eigenvalue weighted by Crippen LogP contribution is -2.48. The average Bonchev–Trinajstić information content (AvgIpc) is 2.78. The lowest BCUT2D eigenvalue weighted by molar-refractivity contribution is 0.0939. The zero-order valence-corrected chi connectivity index (χ0v) is 17.4. The highest BCUT2D eigenvalue weighted by Crippen LogP contribution is 2.19. The number of hydrogen-bond acceptors (Lipinski definition) is 3. The molecule has 0 aromatic heterocycles. The first kappa shape index (κ1) is 21.2. The Balaban J connectivity index is 1.63. The van der Waals surface area contributed by atoms with E-state index in [2.05, 4.69) is 16.2 Å². The highest BCUT2D eigenvalue weighted by Gasteiger charge is 2.18. The molecular formula is C24H23N3O2S. The van der Waals surface area contributed by atoms with Gasteiger partial charge in [-0.3, -0.25) is 20.4 Å². The van der Waals surface area contributed by atoms with Gasteiger partial charge in [0.15, 0.2) is 10.9 Å². The van der Waals surface area contributed by atoms with E-state index in [0.717, 1.165) is 11.1 Å². The smallest absolute Gasteiger partial charge is 0.269 e. The number of hydrazine groups is 1. The Morgan fingerprint density at radius 3 is 2.03 bits per heavy atom. The molecule has 5 nitrogen and oxygen atoms in total. The third-order valence-electron chi connectivity index (χ3n) is 4.60. The number of Topliss-reactive ketones (excluding diaryl/α,β-unsaturated/α-hetero) is 1. The molecule has 0 heterocycles. The molecule has 3 rings (SSSR count). The molecule has 0 saturated heterocycles. The van der Waals surface area contributed by atoms with Crippen molar-refractivity contribution < 1.29 is 9.59 Å². The number of rotatable bonds is 6. The first-order valence-corrected chi connectivity index (χ1v) is 10.0. The van der Waals surface area contributed by atoms with Crippen LogP contribution in [-0.2, 0) is 0 Å². The van der Waals surface area contributed by atoms with Crippen LogP contribution >= 0.6 is 12.2 Å². The third kappa shape index (κ3) is 5.99. The lowest BCUT2D eigenvalue weighted by Gasteiger charge is -2.21. The molecule has 6 heteroatoms. The number of aryl methyl sites for hydroxylation is 1. The maximum Gasteiger partial charge on any atom is 0.269 e. The van der Waals surface area contributed by atoms with E-state index in [9.17, 15) is 9.59 Å². The van der Waals surface area contributed by atoms with Gasteiger partial charge in [-0.2, -0.15) is 0 Å². The van der Waals surface area contributed by atoms with Gasteiger partial charge in [0.1, 0.15) is 0 Å². The maximum absolute atomic E-state index is 12.7. The molecule has 0 aliphatic heterocycles. The summed E-state index contributed by atoms with van der Waals surface area (Å²) in [5.74, 6) is -0.292. The van der Waals surface area contributed by atoms with Gasteiger partial charge in [0.05, 0.1) is 6.04 Å². The Labute approximate surface area is 181 Å². The third-order valence-corrected chi connectivity index (χ3v) is 4.82. The van der Waals surface area contributed by atoms with Gasteiger partial charge in [0, 0.05) is 17.5 Å². The Bertz CT molecular complexity index is 1010. The van der Waals surface area contributed by atoms with E-state index in [1.54, 1.807) is 24.3 Å². The highest BCUT2D eigenvalue weighted by molar-refractivity contribution is 7.80. The van der Waals surface area contributed by atoms with Gasteiger partial charge in [0.2, 0.25) is 0 Å². The number of benzene rings is 3. The molecular weight excluding hydrogens is 394 g/mol. The van der Waals surface area contributed by atoms with Crippen LogP contribution in [-0.4, -0.2) is 16.8 Å². The molecule has 0 unspecified atom stereocenters. The number of hydrogen-bond donors (Lipinski definition) is 3. The van der Waals surface area contributed by atoms with E-state index in [-0.39, 0.29) is 29.3 Å². The minimum absolute atomic E-state index is 0.00319. The molecule has 0 fully saturated rings. The summed E-state index contributed by atoms with van der Waals surface area (Å²) in [5.41, 5.74) is 8.47. The van der Waals surface area contributed by atoms with Crippen LogP contribution in [0.5, 0.6) is 0 Å². The summed E-state index contributed by atoms with van der Waals surface area (Å²) in [6, 6.07) is 25.6. The topological polar surface area (TPSA) is 70.2 Å². The minimum Gasteiger partial charge on any atom is -0.354 e. The molecule has 152 valence electrons. The first-order valence-electron chi connectivity index (χ1n) is 9.59. The van der Waals surface area contributed by atoms with Crippen molar-refractivity contribution in [3.63, 3.8) is 0 Å². The minimum atomic E-state index is -0.338. The number of thiocarbonyl (C=S) groups is 1. The predicted molar refractivity (Wildman–Crippen MR) is 122 cm³/mol. The molecule has 1 amide bonds. The van der Waals surface area contributed by atoms with Crippen molar-refractivity contribution in [2.24, 2.45) is 0 Å². The second-order valence-electron chi connectivity index (χ2n) is 6.88. The van der Waals surface area contributed by atoms with Crippen molar-refractivity contribution >= 4 is 29.0 Å². The summed E-state index contributed by atoms with van der Waals surface area (Å²) in [6.07, 6.45) is 0.224. The number of carbonyl (C=O) groups excluding carboxylic acids is 2. The fraction of sp³-hybridized carbons (Fsp3) is 0.125. The maximum atomic E-state index is 12.7. The van der Waals surface area contributed by atoms with Crippen molar-refractivity contribution in [2.75, 3.05) is 0 Å². The monoisotopic (exact) mass is 417 g/mol. The van der Waals surface area contributed by atoms with Crippen LogP contribution in [0.25, 0.3) is 0 Å². The molecule has 0 saturated carbocycles. The van der Waals surface area contributed by atoms with E-state index in [4.69, 9.17) is 12.2 Å². The molecule has 0 aliphatic carbocycles. The summed E-state index contributed by atoms with van der Waals surface area (Å²) in [4.78, 5) is 25.0. The lowest BCUT2D eigenvalue weighted by atomic mass is 9.98. The highest BCUT2D eigenvalue weighted by atomic mass is 32.1. The molecule has 0 spiro atoms. The normalized spacial score (nSPS) is 11.2. The van der Waals surface area contributed by atoms with Crippen LogP contribution in [0.15, 0.2) is 84.9 Å². The molecule has 0 aliphatic rings. The van der Waals surface area contributed by atoms with Crippen molar-refractivity contribution in [2.45, 2.75) is 19.4 Å². The van der Waals surface area contributed by atoms with Gasteiger partial charge < -0.3 is 5.32 Å². The predicted octanol–water partition coefficient (Wildman–Crippen LogP) is 4.12. The van der Waals surface area contributed by atoms with E-state index in [1.807, 2.05) is 67.6 Å². The fourth-order valence-corrected chi connectivity index (χ4v) is 3.14. The van der Waals surface area contributed by atoms with E-state index < -0.39 is 0 Å². The van der Waals surface area contributed by atoms with Crippen molar-refractivity contribution in [3.05, 3.63) is 107 Å². The molecule has 0 bridgehead atoms. The number of nitrogens with one attached hydrogen (secondary N) is 3. The van der Waals surface area contributed by atoms with Crippen molar-refractivity contribution in [3.8, 4) is 0 Å². The summed E-state index contributed by atoms with van der Waals surface area (Å²) in [5, 5.41) is 3.36. The second kappa shape index (κ2) is 10.3. The largest absolute Gasteiger partial charge is 0.354 e. The molecule has 3 aromatic rings. The van der Waals surface area contributed by atoms with Gasteiger partial charge in [-0.25, -0.2) is 0 Å².